The van der Waals surface area contributed by atoms with E-state index < -0.39 is 11.6 Å². The molecule has 0 saturated carbocycles. The van der Waals surface area contributed by atoms with Crippen LogP contribution in [0.3, 0.4) is 0 Å². The van der Waals surface area contributed by atoms with Gasteiger partial charge in [0.05, 0.1) is 0 Å². The Labute approximate surface area is 99.2 Å². The number of hydrogen-bond donors (Lipinski definition) is 2. The third-order valence-corrected chi connectivity index (χ3v) is 2.25. The van der Waals surface area contributed by atoms with E-state index in [0.29, 0.717) is 18.5 Å². The third kappa shape index (κ3) is 4.91. The predicted octanol–water partition coefficient (Wildman–Crippen LogP) is 1.58. The molecule has 17 heavy (non-hydrogen) atoms. The summed E-state index contributed by atoms with van der Waals surface area (Å²) in [6.07, 6.45) is 0.373. The Morgan fingerprint density at radius 2 is 2.06 bits per heavy atom. The minimum atomic E-state index is -0.899. The minimum Gasteiger partial charge on any atom is -0.352 e. The van der Waals surface area contributed by atoms with Crippen molar-refractivity contribution in [3.05, 3.63) is 35.4 Å². The van der Waals surface area contributed by atoms with Gasteiger partial charge in [-0.1, -0.05) is 13.0 Å². The van der Waals surface area contributed by atoms with Crippen molar-refractivity contribution in [3.8, 4) is 0 Å². The van der Waals surface area contributed by atoms with E-state index in [1.807, 2.05) is 6.92 Å². The molecule has 0 aliphatic carbocycles. The van der Waals surface area contributed by atoms with Gasteiger partial charge in [-0.3, -0.25) is 4.79 Å². The van der Waals surface area contributed by atoms with Gasteiger partial charge in [-0.25, -0.2) is 8.78 Å². The zero-order valence-corrected chi connectivity index (χ0v) is 9.72. The van der Waals surface area contributed by atoms with Gasteiger partial charge in [-0.05, 0) is 24.2 Å². The van der Waals surface area contributed by atoms with E-state index in [1.165, 1.54) is 6.07 Å². The van der Waals surface area contributed by atoms with Crippen molar-refractivity contribution in [1.82, 2.24) is 10.6 Å². The highest BCUT2D eigenvalue weighted by atomic mass is 19.2. The zero-order valence-electron chi connectivity index (χ0n) is 9.72. The molecule has 1 rings (SSSR count). The van der Waals surface area contributed by atoms with Crippen LogP contribution in [0.15, 0.2) is 18.2 Å². The van der Waals surface area contributed by atoms with Gasteiger partial charge in [-0.15, -0.1) is 0 Å². The van der Waals surface area contributed by atoms with E-state index in [-0.39, 0.29) is 12.5 Å². The Hall–Kier alpha value is -1.49. The predicted molar refractivity (Wildman–Crippen MR) is 61.4 cm³/mol. The maximum absolute atomic E-state index is 12.9. The molecule has 1 amide bonds. The highest BCUT2D eigenvalue weighted by molar-refractivity contribution is 5.76. The first kappa shape index (κ1) is 13.6. The lowest BCUT2D eigenvalue weighted by atomic mass is 10.2. The second kappa shape index (κ2) is 6.96. The van der Waals surface area contributed by atoms with E-state index in [9.17, 15) is 13.6 Å². The monoisotopic (exact) mass is 242 g/mol. The lowest BCUT2D eigenvalue weighted by Crippen LogP contribution is -2.27. The van der Waals surface area contributed by atoms with Crippen molar-refractivity contribution in [2.75, 3.05) is 13.1 Å². The van der Waals surface area contributed by atoms with E-state index in [4.69, 9.17) is 0 Å². The first-order chi connectivity index (χ1) is 8.13. The molecule has 0 aliphatic rings. The summed E-state index contributed by atoms with van der Waals surface area (Å²) in [6, 6.07) is 3.58. The number of nitrogens with one attached hydrogen (secondary N) is 2. The van der Waals surface area contributed by atoms with E-state index in [1.54, 1.807) is 0 Å². The highest BCUT2D eigenvalue weighted by Crippen LogP contribution is 2.08. The van der Waals surface area contributed by atoms with Gasteiger partial charge in [0.25, 0.3) is 0 Å². The van der Waals surface area contributed by atoms with Crippen molar-refractivity contribution in [3.63, 3.8) is 0 Å². The Kier molecular flexibility index (Phi) is 5.56. The number of carbonyl (C=O) groups excluding carboxylic acids is 1. The van der Waals surface area contributed by atoms with Crippen LogP contribution in [0.1, 0.15) is 18.9 Å². The topological polar surface area (TPSA) is 41.1 Å². The van der Waals surface area contributed by atoms with Gasteiger partial charge >= 0.3 is 0 Å². The molecule has 0 radical (unpaired) electrons. The molecule has 5 heteroatoms. The molecule has 0 saturated heterocycles. The van der Waals surface area contributed by atoms with Crippen LogP contribution in [-0.2, 0) is 11.3 Å². The number of benzene rings is 1. The van der Waals surface area contributed by atoms with Crippen molar-refractivity contribution >= 4 is 5.91 Å². The van der Waals surface area contributed by atoms with Crippen LogP contribution >= 0.6 is 0 Å². The molecule has 0 unspecified atom stereocenters. The summed E-state index contributed by atoms with van der Waals surface area (Å²) in [5, 5.41) is 5.66. The SMILES string of the molecule is CCNCCC(=O)NCc1ccc(F)c(F)c1. The maximum Gasteiger partial charge on any atom is 0.221 e. The second-order valence-electron chi connectivity index (χ2n) is 3.63. The first-order valence-corrected chi connectivity index (χ1v) is 5.54. The first-order valence-electron chi connectivity index (χ1n) is 5.54. The number of halogens is 2. The van der Waals surface area contributed by atoms with E-state index in [0.717, 1.165) is 18.7 Å². The largest absolute Gasteiger partial charge is 0.352 e. The number of rotatable bonds is 6. The summed E-state index contributed by atoms with van der Waals surface area (Å²) < 4.78 is 25.5. The Morgan fingerprint density at radius 3 is 2.71 bits per heavy atom. The molecule has 0 bridgehead atoms. The van der Waals surface area contributed by atoms with Crippen LogP contribution in [0, 0.1) is 11.6 Å². The normalized spacial score (nSPS) is 10.3. The third-order valence-electron chi connectivity index (χ3n) is 2.25. The molecule has 0 spiro atoms. The molecule has 3 nitrogen and oxygen atoms in total. The summed E-state index contributed by atoms with van der Waals surface area (Å²) in [5.74, 6) is -1.90. The van der Waals surface area contributed by atoms with Crippen molar-refractivity contribution < 1.29 is 13.6 Å². The van der Waals surface area contributed by atoms with Gasteiger partial charge in [-0.2, -0.15) is 0 Å². The lowest BCUT2D eigenvalue weighted by Gasteiger charge is -2.06. The summed E-state index contributed by atoms with van der Waals surface area (Å²) in [5.41, 5.74) is 0.542. The van der Waals surface area contributed by atoms with Crippen molar-refractivity contribution in [2.24, 2.45) is 0 Å². The van der Waals surface area contributed by atoms with Gasteiger partial charge in [0.1, 0.15) is 0 Å². The van der Waals surface area contributed by atoms with Gasteiger partial charge in [0.15, 0.2) is 11.6 Å². The molecule has 2 N–H and O–H groups in total. The summed E-state index contributed by atoms with van der Waals surface area (Å²) >= 11 is 0. The molecular weight excluding hydrogens is 226 g/mol. The van der Waals surface area contributed by atoms with Crippen LogP contribution in [0.4, 0.5) is 8.78 Å². The fourth-order valence-corrected chi connectivity index (χ4v) is 1.32. The molecule has 1 aromatic carbocycles. The molecule has 94 valence electrons. The fraction of sp³-hybridized carbons (Fsp3) is 0.417. The quantitative estimate of drug-likeness (QED) is 0.744. The molecular formula is C12H16F2N2O. The fourth-order valence-electron chi connectivity index (χ4n) is 1.32. The van der Waals surface area contributed by atoms with Crippen LogP contribution < -0.4 is 10.6 Å². The van der Waals surface area contributed by atoms with Crippen LogP contribution in [0.5, 0.6) is 0 Å². The molecule has 0 aliphatic heterocycles. The average Bonchev–Trinajstić information content (AvgIpc) is 2.31. The van der Waals surface area contributed by atoms with Crippen LogP contribution in [-0.4, -0.2) is 19.0 Å². The number of carbonyl (C=O) groups is 1. The molecule has 0 fully saturated rings. The van der Waals surface area contributed by atoms with E-state index >= 15 is 0 Å². The lowest BCUT2D eigenvalue weighted by molar-refractivity contribution is -0.121. The van der Waals surface area contributed by atoms with Gasteiger partial charge in [0.2, 0.25) is 5.91 Å². The summed E-state index contributed by atoms with van der Waals surface area (Å²) in [7, 11) is 0. The molecule has 1 aromatic rings. The maximum atomic E-state index is 12.9. The Balaban J connectivity index is 2.34. The highest BCUT2D eigenvalue weighted by Gasteiger charge is 2.04. The molecule has 0 aromatic heterocycles. The smallest absolute Gasteiger partial charge is 0.221 e. The summed E-state index contributed by atoms with van der Waals surface area (Å²) in [6.45, 7) is 3.60. The van der Waals surface area contributed by atoms with Crippen molar-refractivity contribution in [1.29, 1.82) is 0 Å². The van der Waals surface area contributed by atoms with Crippen molar-refractivity contribution in [2.45, 2.75) is 19.9 Å². The van der Waals surface area contributed by atoms with Crippen LogP contribution in [0.25, 0.3) is 0 Å². The minimum absolute atomic E-state index is 0.115. The molecule has 0 heterocycles. The Bertz CT molecular complexity index is 383. The standard InChI is InChI=1S/C12H16F2N2O/c1-2-15-6-5-12(17)16-8-9-3-4-10(13)11(14)7-9/h3-4,7,15H,2,5-6,8H2,1H3,(H,16,17). The summed E-state index contributed by atoms with van der Waals surface area (Å²) in [4.78, 5) is 11.3. The number of amides is 1. The van der Waals surface area contributed by atoms with Gasteiger partial charge < -0.3 is 10.6 Å². The van der Waals surface area contributed by atoms with E-state index in [2.05, 4.69) is 10.6 Å². The number of hydrogen-bond acceptors (Lipinski definition) is 2. The Morgan fingerprint density at radius 1 is 1.29 bits per heavy atom. The van der Waals surface area contributed by atoms with Crippen LogP contribution in [0.2, 0.25) is 0 Å². The average molecular weight is 242 g/mol. The second-order valence-corrected chi connectivity index (χ2v) is 3.63. The molecule has 0 atom stereocenters. The zero-order chi connectivity index (χ0) is 12.7. The van der Waals surface area contributed by atoms with Gasteiger partial charge in [0, 0.05) is 19.5 Å².